The molecule has 2 aromatic heterocycles. The normalized spacial score (nSPS) is 12.5. The fourth-order valence-corrected chi connectivity index (χ4v) is 1.87. The molecule has 4 heteroatoms. The zero-order valence-corrected chi connectivity index (χ0v) is 10.1. The van der Waals surface area contributed by atoms with Crippen molar-refractivity contribution in [1.29, 1.82) is 0 Å². The quantitative estimate of drug-likeness (QED) is 0.824. The molecule has 2 rings (SSSR count). The molecule has 0 fully saturated rings. The van der Waals surface area contributed by atoms with Crippen molar-refractivity contribution in [3.8, 4) is 0 Å². The second kappa shape index (κ2) is 4.57. The Bertz CT molecular complexity index is 505. The molecular formula is C13H15FN2O. The van der Waals surface area contributed by atoms with Gasteiger partial charge in [0.15, 0.2) is 0 Å². The van der Waals surface area contributed by atoms with Crippen molar-refractivity contribution in [2.45, 2.75) is 26.8 Å². The number of halogens is 1. The largest absolute Gasteiger partial charge is 0.466 e. The number of rotatable bonds is 3. The van der Waals surface area contributed by atoms with E-state index >= 15 is 0 Å². The highest BCUT2D eigenvalue weighted by Gasteiger charge is 2.12. The first-order chi connectivity index (χ1) is 8.06. The molecule has 90 valence electrons. The van der Waals surface area contributed by atoms with E-state index < -0.39 is 5.95 Å². The molecule has 2 aromatic rings. The molecule has 1 atom stereocenters. The average Bonchev–Trinajstić information content (AvgIpc) is 2.61. The van der Waals surface area contributed by atoms with Crippen LogP contribution in [0.15, 0.2) is 28.8 Å². The Morgan fingerprint density at radius 3 is 2.65 bits per heavy atom. The molecule has 17 heavy (non-hydrogen) atoms. The van der Waals surface area contributed by atoms with Gasteiger partial charge in [-0.1, -0.05) is 0 Å². The van der Waals surface area contributed by atoms with Gasteiger partial charge < -0.3 is 9.73 Å². The second-order valence-corrected chi connectivity index (χ2v) is 4.10. The maximum absolute atomic E-state index is 12.7. The van der Waals surface area contributed by atoms with Crippen LogP contribution in [0.25, 0.3) is 0 Å². The van der Waals surface area contributed by atoms with Gasteiger partial charge in [0, 0.05) is 5.56 Å². The fourth-order valence-electron chi connectivity index (χ4n) is 1.87. The Morgan fingerprint density at radius 2 is 2.12 bits per heavy atom. The lowest BCUT2D eigenvalue weighted by molar-refractivity contribution is 0.500. The first-order valence-electron chi connectivity index (χ1n) is 5.51. The van der Waals surface area contributed by atoms with Gasteiger partial charge in [-0.25, -0.2) is 4.98 Å². The number of hydrogen-bond acceptors (Lipinski definition) is 3. The van der Waals surface area contributed by atoms with Gasteiger partial charge in [-0.3, -0.25) is 0 Å². The second-order valence-electron chi connectivity index (χ2n) is 4.10. The highest BCUT2D eigenvalue weighted by atomic mass is 19.1. The molecule has 0 saturated heterocycles. The number of hydrogen-bond donors (Lipinski definition) is 1. The summed E-state index contributed by atoms with van der Waals surface area (Å²) in [4.78, 5) is 3.60. The van der Waals surface area contributed by atoms with E-state index in [0.717, 1.165) is 22.8 Å². The lowest BCUT2D eigenvalue weighted by Crippen LogP contribution is -2.07. The van der Waals surface area contributed by atoms with Crippen LogP contribution in [0.3, 0.4) is 0 Å². The van der Waals surface area contributed by atoms with Crippen molar-refractivity contribution in [1.82, 2.24) is 4.98 Å². The Labute approximate surface area is 99.7 Å². The van der Waals surface area contributed by atoms with Crippen LogP contribution in [0, 0.1) is 19.8 Å². The van der Waals surface area contributed by atoms with Crippen molar-refractivity contribution < 1.29 is 8.81 Å². The number of furan rings is 1. The number of anilines is 1. The highest BCUT2D eigenvalue weighted by Crippen LogP contribution is 2.24. The number of aryl methyl sites for hydroxylation is 2. The molecule has 2 heterocycles. The number of aromatic nitrogens is 1. The van der Waals surface area contributed by atoms with Crippen molar-refractivity contribution in [3.63, 3.8) is 0 Å². The molecule has 0 spiro atoms. The number of pyridine rings is 1. The van der Waals surface area contributed by atoms with Gasteiger partial charge in [0.25, 0.3) is 0 Å². The number of nitrogens with one attached hydrogen (secondary N) is 1. The van der Waals surface area contributed by atoms with E-state index in [4.69, 9.17) is 4.42 Å². The van der Waals surface area contributed by atoms with E-state index in [9.17, 15) is 4.39 Å². The summed E-state index contributed by atoms with van der Waals surface area (Å²) in [7, 11) is 0. The van der Waals surface area contributed by atoms with Gasteiger partial charge >= 0.3 is 0 Å². The maximum atomic E-state index is 12.7. The van der Waals surface area contributed by atoms with E-state index in [-0.39, 0.29) is 6.04 Å². The molecule has 1 unspecified atom stereocenters. The van der Waals surface area contributed by atoms with Crippen LogP contribution in [0.4, 0.5) is 10.1 Å². The average molecular weight is 234 g/mol. The molecule has 3 nitrogen and oxygen atoms in total. The molecule has 0 bridgehead atoms. The van der Waals surface area contributed by atoms with Gasteiger partial charge in [0.05, 0.1) is 17.9 Å². The molecule has 0 aliphatic rings. The van der Waals surface area contributed by atoms with Crippen LogP contribution in [0.1, 0.15) is 30.0 Å². The third-order valence-electron chi connectivity index (χ3n) is 2.66. The SMILES string of the molecule is Cc1cc(C(C)Nc2ccc(F)nc2)c(C)o1. The minimum absolute atomic E-state index is 0.0970. The highest BCUT2D eigenvalue weighted by molar-refractivity contribution is 5.43. The molecule has 0 aliphatic carbocycles. The predicted octanol–water partition coefficient (Wildman–Crippen LogP) is 3.60. The monoisotopic (exact) mass is 234 g/mol. The minimum atomic E-state index is -0.474. The van der Waals surface area contributed by atoms with Crippen LogP contribution in [0.5, 0.6) is 0 Å². The summed E-state index contributed by atoms with van der Waals surface area (Å²) in [6, 6.07) is 5.10. The summed E-state index contributed by atoms with van der Waals surface area (Å²) in [6.07, 6.45) is 1.48. The zero-order chi connectivity index (χ0) is 12.4. The summed E-state index contributed by atoms with van der Waals surface area (Å²) in [5, 5.41) is 3.25. The van der Waals surface area contributed by atoms with Crippen LogP contribution in [-0.2, 0) is 0 Å². The Morgan fingerprint density at radius 1 is 1.35 bits per heavy atom. The van der Waals surface area contributed by atoms with Crippen molar-refractivity contribution >= 4 is 5.69 Å². The molecule has 0 aromatic carbocycles. The van der Waals surface area contributed by atoms with Crippen molar-refractivity contribution in [2.75, 3.05) is 5.32 Å². The summed E-state index contributed by atoms with van der Waals surface area (Å²) < 4.78 is 18.1. The summed E-state index contributed by atoms with van der Waals surface area (Å²) in [5.74, 6) is 1.32. The van der Waals surface area contributed by atoms with Crippen molar-refractivity contribution in [2.24, 2.45) is 0 Å². The molecule has 0 radical (unpaired) electrons. The first-order valence-corrected chi connectivity index (χ1v) is 5.51. The molecular weight excluding hydrogens is 219 g/mol. The van der Waals surface area contributed by atoms with E-state index in [1.165, 1.54) is 12.3 Å². The molecule has 0 aliphatic heterocycles. The van der Waals surface area contributed by atoms with Gasteiger partial charge in [0.1, 0.15) is 11.5 Å². The minimum Gasteiger partial charge on any atom is -0.466 e. The molecule has 1 N–H and O–H groups in total. The van der Waals surface area contributed by atoms with Gasteiger partial charge in [-0.15, -0.1) is 0 Å². The van der Waals surface area contributed by atoms with E-state index in [0.29, 0.717) is 0 Å². The van der Waals surface area contributed by atoms with Crippen molar-refractivity contribution in [3.05, 3.63) is 47.4 Å². The Kier molecular flexibility index (Phi) is 3.13. The van der Waals surface area contributed by atoms with E-state index in [1.54, 1.807) is 6.07 Å². The predicted molar refractivity (Wildman–Crippen MR) is 64.4 cm³/mol. The standard InChI is InChI=1S/C13H15FN2O/c1-8-6-12(10(3)17-8)9(2)16-11-4-5-13(14)15-7-11/h4-7,9,16H,1-3H3. The van der Waals surface area contributed by atoms with Crippen LogP contribution in [0.2, 0.25) is 0 Å². The Balaban J connectivity index is 2.14. The third-order valence-corrected chi connectivity index (χ3v) is 2.66. The lowest BCUT2D eigenvalue weighted by atomic mass is 10.1. The third kappa shape index (κ3) is 2.64. The van der Waals surface area contributed by atoms with E-state index in [2.05, 4.69) is 10.3 Å². The summed E-state index contributed by atoms with van der Waals surface area (Å²) in [5.41, 5.74) is 1.89. The molecule has 0 amide bonds. The smallest absolute Gasteiger partial charge is 0.212 e. The van der Waals surface area contributed by atoms with Gasteiger partial charge in [-0.05, 0) is 39.0 Å². The van der Waals surface area contributed by atoms with Crippen LogP contribution >= 0.6 is 0 Å². The van der Waals surface area contributed by atoms with Crippen LogP contribution in [-0.4, -0.2) is 4.98 Å². The number of nitrogens with zero attached hydrogens (tertiary/aromatic N) is 1. The molecule has 0 saturated carbocycles. The topological polar surface area (TPSA) is 38.1 Å². The Hall–Kier alpha value is -1.84. The lowest BCUT2D eigenvalue weighted by Gasteiger charge is -2.14. The summed E-state index contributed by atoms with van der Waals surface area (Å²) >= 11 is 0. The van der Waals surface area contributed by atoms with E-state index in [1.807, 2.05) is 26.8 Å². The maximum Gasteiger partial charge on any atom is 0.212 e. The first kappa shape index (κ1) is 11.6. The van der Waals surface area contributed by atoms with Gasteiger partial charge in [-0.2, -0.15) is 4.39 Å². The summed E-state index contributed by atoms with van der Waals surface area (Å²) in [6.45, 7) is 5.88. The van der Waals surface area contributed by atoms with Crippen LogP contribution < -0.4 is 5.32 Å². The fraction of sp³-hybridized carbons (Fsp3) is 0.308. The zero-order valence-electron chi connectivity index (χ0n) is 10.1. The van der Waals surface area contributed by atoms with Gasteiger partial charge in [0.2, 0.25) is 5.95 Å².